The second-order valence-corrected chi connectivity index (χ2v) is 2.52. The highest BCUT2D eigenvalue weighted by molar-refractivity contribution is 5.81. The van der Waals surface area contributed by atoms with Crippen molar-refractivity contribution in [2.75, 3.05) is 27.7 Å². The average Bonchev–Trinajstić information content (AvgIpc) is 1.97. The zero-order valence-electron chi connectivity index (χ0n) is 7.33. The van der Waals surface area contributed by atoms with Crippen LogP contribution >= 0.6 is 0 Å². The van der Waals surface area contributed by atoms with Crippen LogP contribution in [0.2, 0.25) is 0 Å². The van der Waals surface area contributed by atoms with Crippen LogP contribution in [0.15, 0.2) is 12.2 Å². The van der Waals surface area contributed by atoms with E-state index in [0.717, 1.165) is 13.0 Å². The lowest BCUT2D eigenvalue weighted by molar-refractivity contribution is -0.134. The molecule has 0 saturated heterocycles. The van der Waals surface area contributed by atoms with Gasteiger partial charge in [-0.25, -0.2) is 4.79 Å². The van der Waals surface area contributed by atoms with Crippen molar-refractivity contribution in [1.29, 1.82) is 0 Å². The summed E-state index contributed by atoms with van der Waals surface area (Å²) in [6, 6.07) is 0. The third-order valence-electron chi connectivity index (χ3n) is 1.20. The van der Waals surface area contributed by atoms with Gasteiger partial charge in [-0.15, -0.1) is 0 Å². The molecule has 0 amide bonds. The molecule has 0 fully saturated rings. The minimum atomic E-state index is -0.288. The Hall–Kier alpha value is -0.830. The molecule has 0 aromatic heterocycles. The first-order valence-electron chi connectivity index (χ1n) is 3.56. The summed E-state index contributed by atoms with van der Waals surface area (Å²) in [6.45, 7) is 0.952. The highest BCUT2D eigenvalue weighted by Crippen LogP contribution is 1.86. The van der Waals surface area contributed by atoms with E-state index in [9.17, 15) is 4.79 Å². The summed E-state index contributed by atoms with van der Waals surface area (Å²) in [7, 11) is 5.36. The topological polar surface area (TPSA) is 29.5 Å². The fourth-order valence-corrected chi connectivity index (χ4v) is 0.580. The molecule has 0 heterocycles. The molecule has 0 radical (unpaired) electrons. The minimum Gasteiger partial charge on any atom is -0.466 e. The van der Waals surface area contributed by atoms with Gasteiger partial charge >= 0.3 is 5.97 Å². The molecular weight excluding hydrogens is 142 g/mol. The number of carbonyl (C=O) groups excluding carboxylic acids is 1. The molecule has 11 heavy (non-hydrogen) atoms. The maximum atomic E-state index is 10.5. The Morgan fingerprint density at radius 3 is 2.64 bits per heavy atom. The Morgan fingerprint density at radius 2 is 2.18 bits per heavy atom. The van der Waals surface area contributed by atoms with E-state index < -0.39 is 0 Å². The SMILES string of the molecule is COC(=O)/C=C\CCN(C)C. The van der Waals surface area contributed by atoms with Gasteiger partial charge in [0.15, 0.2) is 0 Å². The number of rotatable bonds is 4. The van der Waals surface area contributed by atoms with Crippen LogP contribution in [-0.4, -0.2) is 38.6 Å². The molecule has 0 aliphatic heterocycles. The van der Waals surface area contributed by atoms with Crippen LogP contribution in [-0.2, 0) is 9.53 Å². The van der Waals surface area contributed by atoms with Crippen LogP contribution in [0.3, 0.4) is 0 Å². The van der Waals surface area contributed by atoms with Crippen LogP contribution in [0.4, 0.5) is 0 Å². The van der Waals surface area contributed by atoms with E-state index >= 15 is 0 Å². The minimum absolute atomic E-state index is 0.288. The lowest BCUT2D eigenvalue weighted by atomic mass is 10.3. The fourth-order valence-electron chi connectivity index (χ4n) is 0.580. The zero-order chi connectivity index (χ0) is 8.69. The van der Waals surface area contributed by atoms with Gasteiger partial charge in [0.2, 0.25) is 0 Å². The first-order chi connectivity index (χ1) is 5.16. The van der Waals surface area contributed by atoms with Crippen molar-refractivity contribution in [3.05, 3.63) is 12.2 Å². The van der Waals surface area contributed by atoms with Crippen molar-refractivity contribution in [3.63, 3.8) is 0 Å². The van der Waals surface area contributed by atoms with Crippen LogP contribution in [0.25, 0.3) is 0 Å². The Bertz CT molecular complexity index is 141. The molecule has 0 aliphatic rings. The second-order valence-electron chi connectivity index (χ2n) is 2.52. The molecule has 0 rings (SSSR count). The Morgan fingerprint density at radius 1 is 1.55 bits per heavy atom. The normalized spacial score (nSPS) is 10.9. The van der Waals surface area contributed by atoms with E-state index in [-0.39, 0.29) is 5.97 Å². The summed E-state index contributed by atoms with van der Waals surface area (Å²) in [5.41, 5.74) is 0. The number of hydrogen-bond acceptors (Lipinski definition) is 3. The quantitative estimate of drug-likeness (QED) is 0.443. The molecular formula is C8H15NO2. The molecule has 0 bridgehead atoms. The maximum Gasteiger partial charge on any atom is 0.330 e. The van der Waals surface area contributed by atoms with E-state index in [0.29, 0.717) is 0 Å². The van der Waals surface area contributed by atoms with Crippen molar-refractivity contribution >= 4 is 5.97 Å². The summed E-state index contributed by atoms with van der Waals surface area (Å²) in [5, 5.41) is 0. The van der Waals surface area contributed by atoms with Gasteiger partial charge in [0.1, 0.15) is 0 Å². The number of carbonyl (C=O) groups is 1. The molecule has 0 unspecified atom stereocenters. The number of esters is 1. The maximum absolute atomic E-state index is 10.5. The standard InChI is InChI=1S/C8H15NO2/c1-9(2)7-5-4-6-8(10)11-3/h4,6H,5,7H2,1-3H3/b6-4-. The number of hydrogen-bond donors (Lipinski definition) is 0. The number of nitrogens with zero attached hydrogens (tertiary/aromatic N) is 1. The Labute approximate surface area is 67.6 Å². The van der Waals surface area contributed by atoms with E-state index in [1.54, 1.807) is 0 Å². The molecule has 3 heteroatoms. The zero-order valence-corrected chi connectivity index (χ0v) is 7.33. The van der Waals surface area contributed by atoms with Gasteiger partial charge in [-0.3, -0.25) is 0 Å². The van der Waals surface area contributed by atoms with E-state index in [1.807, 2.05) is 20.2 Å². The van der Waals surface area contributed by atoms with Crippen molar-refractivity contribution in [2.45, 2.75) is 6.42 Å². The van der Waals surface area contributed by atoms with E-state index in [1.165, 1.54) is 13.2 Å². The summed E-state index contributed by atoms with van der Waals surface area (Å²) in [6.07, 6.45) is 4.14. The molecule has 0 N–H and O–H groups in total. The Kier molecular flexibility index (Phi) is 5.47. The molecule has 0 saturated carbocycles. The van der Waals surface area contributed by atoms with E-state index in [2.05, 4.69) is 9.64 Å². The highest BCUT2D eigenvalue weighted by atomic mass is 16.5. The van der Waals surface area contributed by atoms with Gasteiger partial charge < -0.3 is 9.64 Å². The Balaban J connectivity index is 3.37. The molecule has 0 spiro atoms. The van der Waals surface area contributed by atoms with Gasteiger partial charge in [0.05, 0.1) is 7.11 Å². The van der Waals surface area contributed by atoms with Gasteiger partial charge in [0, 0.05) is 12.6 Å². The van der Waals surface area contributed by atoms with Gasteiger partial charge in [0.25, 0.3) is 0 Å². The lowest BCUT2D eigenvalue weighted by Gasteiger charge is -2.05. The predicted molar refractivity (Wildman–Crippen MR) is 44.3 cm³/mol. The fraction of sp³-hybridized carbons (Fsp3) is 0.625. The lowest BCUT2D eigenvalue weighted by Crippen LogP contribution is -2.11. The van der Waals surface area contributed by atoms with Gasteiger partial charge in [-0.2, -0.15) is 0 Å². The molecule has 64 valence electrons. The van der Waals surface area contributed by atoms with Crippen molar-refractivity contribution in [1.82, 2.24) is 4.90 Å². The molecule has 0 aromatic carbocycles. The number of ether oxygens (including phenoxy) is 1. The predicted octanol–water partition coefficient (Wildman–Crippen LogP) is 0.667. The van der Waals surface area contributed by atoms with Crippen LogP contribution in [0.1, 0.15) is 6.42 Å². The molecule has 3 nitrogen and oxygen atoms in total. The van der Waals surface area contributed by atoms with Crippen LogP contribution in [0, 0.1) is 0 Å². The average molecular weight is 157 g/mol. The van der Waals surface area contributed by atoms with Crippen molar-refractivity contribution < 1.29 is 9.53 Å². The van der Waals surface area contributed by atoms with Gasteiger partial charge in [-0.1, -0.05) is 6.08 Å². The highest BCUT2D eigenvalue weighted by Gasteiger charge is 1.89. The smallest absolute Gasteiger partial charge is 0.330 e. The third kappa shape index (κ3) is 7.06. The summed E-state index contributed by atoms with van der Waals surface area (Å²) < 4.78 is 4.42. The first kappa shape index (κ1) is 10.2. The van der Waals surface area contributed by atoms with Crippen molar-refractivity contribution in [2.24, 2.45) is 0 Å². The summed E-state index contributed by atoms with van der Waals surface area (Å²) >= 11 is 0. The summed E-state index contributed by atoms with van der Waals surface area (Å²) in [5.74, 6) is -0.288. The van der Waals surface area contributed by atoms with E-state index in [4.69, 9.17) is 0 Å². The largest absolute Gasteiger partial charge is 0.466 e. The second kappa shape index (κ2) is 5.92. The van der Waals surface area contributed by atoms with Crippen molar-refractivity contribution in [3.8, 4) is 0 Å². The third-order valence-corrected chi connectivity index (χ3v) is 1.20. The summed E-state index contributed by atoms with van der Waals surface area (Å²) in [4.78, 5) is 12.6. The number of methoxy groups -OCH3 is 1. The monoisotopic (exact) mass is 157 g/mol. The molecule has 0 aliphatic carbocycles. The van der Waals surface area contributed by atoms with Crippen LogP contribution in [0.5, 0.6) is 0 Å². The molecule has 0 aromatic rings. The van der Waals surface area contributed by atoms with Crippen LogP contribution < -0.4 is 0 Å². The van der Waals surface area contributed by atoms with Gasteiger partial charge in [-0.05, 0) is 20.5 Å². The molecule has 0 atom stereocenters. The first-order valence-corrected chi connectivity index (χ1v) is 3.56.